The van der Waals surface area contributed by atoms with Crippen molar-refractivity contribution in [2.24, 2.45) is 0 Å². The van der Waals surface area contributed by atoms with E-state index >= 15 is 0 Å². The predicted molar refractivity (Wildman–Crippen MR) is 192 cm³/mol. The number of unbranched alkanes of at least 4 members (excludes halogenated alkanes) is 4. The maximum atomic E-state index is 12.9. The first-order chi connectivity index (χ1) is 24.1. The van der Waals surface area contributed by atoms with Crippen molar-refractivity contribution in [3.05, 3.63) is 120 Å². The van der Waals surface area contributed by atoms with Crippen molar-refractivity contribution >= 4 is 39.2 Å². The Balaban J connectivity index is 1.24. The number of carboxylic acid groups (broad SMARTS) is 1. The van der Waals surface area contributed by atoms with Crippen molar-refractivity contribution in [1.82, 2.24) is 5.32 Å². The van der Waals surface area contributed by atoms with E-state index in [9.17, 15) is 27.9 Å². The van der Waals surface area contributed by atoms with E-state index in [-0.39, 0.29) is 29.4 Å². The Kier molecular flexibility index (Phi) is 14.4. The van der Waals surface area contributed by atoms with Gasteiger partial charge in [0.2, 0.25) is 5.91 Å². The summed E-state index contributed by atoms with van der Waals surface area (Å²) in [5.74, 6) is -1.59. The first-order valence-corrected chi connectivity index (χ1v) is 18.0. The van der Waals surface area contributed by atoms with Crippen molar-refractivity contribution in [3.8, 4) is 5.75 Å². The van der Waals surface area contributed by atoms with Crippen LogP contribution in [0.25, 0.3) is 0 Å². The summed E-state index contributed by atoms with van der Waals surface area (Å²) in [7, 11) is -3.87. The molecule has 4 aromatic carbocycles. The summed E-state index contributed by atoms with van der Waals surface area (Å²) in [6.45, 7) is 2.89. The van der Waals surface area contributed by atoms with Gasteiger partial charge in [0, 0.05) is 23.4 Å². The first kappa shape index (κ1) is 37.6. The molecular weight excluding hydrogens is 658 g/mol. The van der Waals surface area contributed by atoms with Crippen molar-refractivity contribution in [3.63, 3.8) is 0 Å². The average Bonchev–Trinajstić information content (AvgIpc) is 3.11. The molecule has 0 unspecified atom stereocenters. The van der Waals surface area contributed by atoms with Gasteiger partial charge in [0.15, 0.2) is 0 Å². The summed E-state index contributed by atoms with van der Waals surface area (Å²) in [5, 5.41) is 15.0. The molecule has 0 spiro atoms. The fraction of sp³-hybridized carbons (Fsp3) is 0.289. The summed E-state index contributed by atoms with van der Waals surface area (Å²) in [6, 6.07) is 26.7. The maximum absolute atomic E-state index is 12.9. The van der Waals surface area contributed by atoms with Crippen molar-refractivity contribution in [1.29, 1.82) is 0 Å². The summed E-state index contributed by atoms with van der Waals surface area (Å²) < 4.78 is 39.6. The number of hydrogen-bond donors (Lipinski definition) is 4. The molecule has 1 atom stereocenters. The molecule has 4 aromatic rings. The fourth-order valence-corrected chi connectivity index (χ4v) is 6.01. The fourth-order valence-electron chi connectivity index (χ4n) is 4.95. The van der Waals surface area contributed by atoms with Crippen molar-refractivity contribution < 1.29 is 37.4 Å². The number of hydrogen-bond acceptors (Lipinski definition) is 7. The number of sulfonamides is 1. The Hall–Kier alpha value is -5.20. The highest BCUT2D eigenvalue weighted by Crippen LogP contribution is 2.21. The standard InChI is InChI=1S/C38H43N3O8S/c1-2-3-4-5-9-24-49-33-20-22-34(23-21-33)50(46,47)41-32-16-12-28(13-17-32)25-35(38(44)45)40-37(43)30-14-18-31(19-15-30)39-36(42)27-48-26-29-10-7-6-8-11-29/h6-8,10-23,35,41H,2-5,9,24-27H2,1H3,(H,39,42)(H,40,43)(H,44,45)/t35-/m0/s1. The molecule has 4 rings (SSSR count). The zero-order valence-corrected chi connectivity index (χ0v) is 28.8. The summed E-state index contributed by atoms with van der Waals surface area (Å²) >= 11 is 0. The van der Waals surface area contributed by atoms with Crippen LogP contribution in [0.5, 0.6) is 5.75 Å². The van der Waals surface area contributed by atoms with Gasteiger partial charge in [-0.1, -0.05) is 75.1 Å². The molecule has 0 saturated heterocycles. The molecule has 11 nitrogen and oxygen atoms in total. The lowest BCUT2D eigenvalue weighted by atomic mass is 10.0. The zero-order chi connectivity index (χ0) is 35.8. The summed E-state index contributed by atoms with van der Waals surface area (Å²) in [5.41, 5.74) is 2.48. The highest BCUT2D eigenvalue weighted by molar-refractivity contribution is 7.92. The molecule has 0 aliphatic carbocycles. The largest absolute Gasteiger partial charge is 0.494 e. The Labute approximate surface area is 293 Å². The smallest absolute Gasteiger partial charge is 0.326 e. The number of rotatable bonds is 20. The van der Waals surface area contributed by atoms with Gasteiger partial charge in [-0.05, 0) is 78.2 Å². The molecule has 264 valence electrons. The second kappa shape index (κ2) is 19.1. The van der Waals surface area contributed by atoms with E-state index in [1.807, 2.05) is 30.3 Å². The van der Waals surface area contributed by atoms with Gasteiger partial charge in [-0.3, -0.25) is 14.3 Å². The van der Waals surface area contributed by atoms with Gasteiger partial charge in [0.1, 0.15) is 18.4 Å². The molecule has 0 saturated carbocycles. The van der Waals surface area contributed by atoms with E-state index in [0.717, 1.165) is 18.4 Å². The van der Waals surface area contributed by atoms with Gasteiger partial charge < -0.3 is 25.2 Å². The van der Waals surface area contributed by atoms with Crippen LogP contribution in [0.15, 0.2) is 108 Å². The lowest BCUT2D eigenvalue weighted by Crippen LogP contribution is -2.42. The number of aliphatic carboxylic acids is 1. The highest BCUT2D eigenvalue weighted by Gasteiger charge is 2.22. The second-order valence-electron chi connectivity index (χ2n) is 11.7. The van der Waals surface area contributed by atoms with E-state index in [1.165, 1.54) is 67.8 Å². The Bertz CT molecular complexity index is 1780. The van der Waals surface area contributed by atoms with Gasteiger partial charge in [-0.25, -0.2) is 13.2 Å². The Morgan fingerprint density at radius 2 is 1.42 bits per heavy atom. The van der Waals surface area contributed by atoms with Crippen molar-refractivity contribution in [2.45, 2.75) is 63.0 Å². The molecule has 0 aromatic heterocycles. The first-order valence-electron chi connectivity index (χ1n) is 16.5. The van der Waals surface area contributed by atoms with E-state index in [4.69, 9.17) is 9.47 Å². The van der Waals surface area contributed by atoms with Gasteiger partial charge in [0.05, 0.1) is 18.1 Å². The SMILES string of the molecule is CCCCCCCOc1ccc(S(=O)(=O)Nc2ccc(C[C@H](NC(=O)c3ccc(NC(=O)COCc4ccccc4)cc3)C(=O)O)cc2)cc1. The predicted octanol–water partition coefficient (Wildman–Crippen LogP) is 6.42. The van der Waals surface area contributed by atoms with Gasteiger partial charge >= 0.3 is 5.97 Å². The number of amides is 2. The Morgan fingerprint density at radius 1 is 0.760 bits per heavy atom. The van der Waals surface area contributed by atoms with Crippen LogP contribution in [-0.2, 0) is 37.4 Å². The molecule has 0 aliphatic heterocycles. The van der Waals surface area contributed by atoms with Crippen LogP contribution < -0.4 is 20.1 Å². The van der Waals surface area contributed by atoms with Crippen LogP contribution >= 0.6 is 0 Å². The molecule has 0 fully saturated rings. The third kappa shape index (κ3) is 12.4. The second-order valence-corrected chi connectivity index (χ2v) is 13.4. The molecule has 2 amide bonds. The van der Waals surface area contributed by atoms with Crippen LogP contribution in [0.1, 0.15) is 60.5 Å². The third-order valence-corrected chi connectivity index (χ3v) is 9.07. The molecule has 12 heteroatoms. The minimum atomic E-state index is -3.87. The minimum Gasteiger partial charge on any atom is -0.494 e. The summed E-state index contributed by atoms with van der Waals surface area (Å²) in [6.07, 6.45) is 5.56. The molecule has 0 radical (unpaired) electrons. The van der Waals surface area contributed by atoms with E-state index < -0.39 is 27.9 Å². The third-order valence-electron chi connectivity index (χ3n) is 7.68. The van der Waals surface area contributed by atoms with Crippen molar-refractivity contribution in [2.75, 3.05) is 23.3 Å². The normalized spacial score (nSPS) is 11.7. The monoisotopic (exact) mass is 701 g/mol. The van der Waals surface area contributed by atoms with Gasteiger partial charge in [-0.2, -0.15) is 0 Å². The molecule has 50 heavy (non-hydrogen) atoms. The highest BCUT2D eigenvalue weighted by atomic mass is 32.2. The number of carboxylic acids is 1. The lowest BCUT2D eigenvalue weighted by Gasteiger charge is -2.16. The van der Waals surface area contributed by atoms with Crippen LogP contribution in [0.2, 0.25) is 0 Å². The summed E-state index contributed by atoms with van der Waals surface area (Å²) in [4.78, 5) is 37.2. The molecular formula is C38H43N3O8S. The van der Waals surface area contributed by atoms with Crippen LogP contribution in [-0.4, -0.2) is 50.6 Å². The Morgan fingerprint density at radius 3 is 2.08 bits per heavy atom. The van der Waals surface area contributed by atoms with E-state index in [0.29, 0.717) is 35.9 Å². The van der Waals surface area contributed by atoms with Crippen LogP contribution in [0.4, 0.5) is 11.4 Å². The number of carbonyl (C=O) groups is 3. The molecule has 4 N–H and O–H groups in total. The van der Waals surface area contributed by atoms with Gasteiger partial charge in [0.25, 0.3) is 15.9 Å². The lowest BCUT2D eigenvalue weighted by molar-refractivity contribution is -0.139. The number of anilines is 2. The number of carbonyl (C=O) groups excluding carboxylic acids is 2. The van der Waals surface area contributed by atoms with Gasteiger partial charge in [-0.15, -0.1) is 0 Å². The minimum absolute atomic E-state index is 0.0364. The zero-order valence-electron chi connectivity index (χ0n) is 28.0. The molecule has 0 aliphatic rings. The number of benzene rings is 4. The van der Waals surface area contributed by atoms with Crippen LogP contribution in [0.3, 0.4) is 0 Å². The van der Waals surface area contributed by atoms with E-state index in [1.54, 1.807) is 24.3 Å². The van der Waals surface area contributed by atoms with Crippen LogP contribution in [0, 0.1) is 0 Å². The molecule has 0 heterocycles. The average molecular weight is 702 g/mol. The topological polar surface area (TPSA) is 160 Å². The van der Waals surface area contributed by atoms with E-state index in [2.05, 4.69) is 22.3 Å². The number of ether oxygens (including phenoxy) is 2. The number of nitrogens with one attached hydrogen (secondary N) is 3. The maximum Gasteiger partial charge on any atom is 0.326 e. The quantitative estimate of drug-likeness (QED) is 0.0769. The molecule has 0 bridgehead atoms.